The van der Waals surface area contributed by atoms with Crippen molar-refractivity contribution in [2.24, 2.45) is 0 Å². The van der Waals surface area contributed by atoms with Crippen LogP contribution in [0.5, 0.6) is 0 Å². The van der Waals surface area contributed by atoms with Crippen LogP contribution < -0.4 is 5.32 Å². The number of esters is 1. The summed E-state index contributed by atoms with van der Waals surface area (Å²) >= 11 is 0. The summed E-state index contributed by atoms with van der Waals surface area (Å²) in [5.74, 6) is -1.29. The monoisotopic (exact) mass is 358 g/mol. The number of anilines is 1. The number of amides is 2. The minimum Gasteiger partial charge on any atom is -0.461 e. The predicted molar refractivity (Wildman–Crippen MR) is 95.1 cm³/mol. The van der Waals surface area contributed by atoms with Gasteiger partial charge in [0.2, 0.25) is 0 Å². The van der Waals surface area contributed by atoms with E-state index in [2.05, 4.69) is 5.32 Å². The van der Waals surface area contributed by atoms with Crippen LogP contribution in [0.25, 0.3) is 0 Å². The summed E-state index contributed by atoms with van der Waals surface area (Å²) in [4.78, 5) is 46.3. The average molecular weight is 358 g/mol. The third kappa shape index (κ3) is 6.16. The summed E-state index contributed by atoms with van der Waals surface area (Å²) in [6, 6.07) is 7.57. The molecule has 0 saturated heterocycles. The number of benzene rings is 1. The minimum atomic E-state index is -0.429. The van der Waals surface area contributed by atoms with Gasteiger partial charge in [0.1, 0.15) is 6.61 Å². The van der Waals surface area contributed by atoms with Gasteiger partial charge in [0, 0.05) is 37.7 Å². The molecule has 1 aliphatic heterocycles. The molecule has 1 heterocycles. The van der Waals surface area contributed by atoms with E-state index in [4.69, 9.17) is 4.74 Å². The SMILES string of the molecule is CC(=O)OCc1ccc(NCCCCC(=O)CN2C(=O)C=CC2=O)cc1. The second kappa shape index (κ2) is 9.50. The Labute approximate surface area is 152 Å². The third-order valence-electron chi connectivity index (χ3n) is 3.84. The van der Waals surface area contributed by atoms with Crippen molar-refractivity contribution in [2.75, 3.05) is 18.4 Å². The number of carbonyl (C=O) groups is 4. The first kappa shape index (κ1) is 19.4. The molecule has 2 rings (SSSR count). The van der Waals surface area contributed by atoms with Gasteiger partial charge in [-0.3, -0.25) is 24.1 Å². The lowest BCUT2D eigenvalue weighted by Gasteiger charge is -2.12. The van der Waals surface area contributed by atoms with Crippen LogP contribution in [0.1, 0.15) is 31.7 Å². The largest absolute Gasteiger partial charge is 0.461 e. The number of hydrogen-bond donors (Lipinski definition) is 1. The number of hydrogen-bond acceptors (Lipinski definition) is 6. The normalized spacial score (nSPS) is 13.2. The second-order valence-corrected chi connectivity index (χ2v) is 6.00. The van der Waals surface area contributed by atoms with Crippen LogP contribution in [0.2, 0.25) is 0 Å². The lowest BCUT2D eigenvalue weighted by atomic mass is 10.1. The number of nitrogens with one attached hydrogen (secondary N) is 1. The Bertz CT molecular complexity index is 691. The van der Waals surface area contributed by atoms with Crippen LogP contribution in [-0.2, 0) is 30.5 Å². The Kier molecular flexibility index (Phi) is 7.08. The molecule has 0 saturated carbocycles. The van der Waals surface area contributed by atoms with Gasteiger partial charge in [-0.1, -0.05) is 12.1 Å². The fourth-order valence-corrected chi connectivity index (χ4v) is 2.43. The van der Waals surface area contributed by atoms with Crippen LogP contribution >= 0.6 is 0 Å². The Balaban J connectivity index is 1.60. The van der Waals surface area contributed by atoms with Gasteiger partial charge in [0.05, 0.1) is 6.54 Å². The highest BCUT2D eigenvalue weighted by molar-refractivity contribution is 6.14. The Morgan fingerprint density at radius 1 is 1.04 bits per heavy atom. The van der Waals surface area contributed by atoms with Crippen LogP contribution in [0.3, 0.4) is 0 Å². The number of nitrogens with zero attached hydrogens (tertiary/aromatic N) is 1. The Morgan fingerprint density at radius 3 is 2.31 bits per heavy atom. The van der Waals surface area contributed by atoms with Crippen molar-refractivity contribution in [3.05, 3.63) is 42.0 Å². The quantitative estimate of drug-likeness (QED) is 0.390. The number of Topliss-reactive ketones (excluding diaryl/α,β-unsaturated/α-hetero) is 1. The van der Waals surface area contributed by atoms with Crippen molar-refractivity contribution in [2.45, 2.75) is 32.8 Å². The Hall–Kier alpha value is -2.96. The van der Waals surface area contributed by atoms with E-state index in [1.54, 1.807) is 0 Å². The highest BCUT2D eigenvalue weighted by atomic mass is 16.5. The molecule has 0 bridgehead atoms. The summed E-state index contributed by atoms with van der Waals surface area (Å²) in [5, 5.41) is 3.25. The highest BCUT2D eigenvalue weighted by Crippen LogP contribution is 2.11. The van der Waals surface area contributed by atoms with Crippen molar-refractivity contribution in [1.82, 2.24) is 4.90 Å². The Morgan fingerprint density at radius 2 is 1.69 bits per heavy atom. The first-order chi connectivity index (χ1) is 12.5. The van der Waals surface area contributed by atoms with E-state index >= 15 is 0 Å². The third-order valence-corrected chi connectivity index (χ3v) is 3.84. The molecule has 0 radical (unpaired) electrons. The van der Waals surface area contributed by atoms with Gasteiger partial charge in [-0.15, -0.1) is 0 Å². The number of carbonyl (C=O) groups excluding carboxylic acids is 4. The van der Waals surface area contributed by atoms with Crippen LogP contribution in [0.15, 0.2) is 36.4 Å². The summed E-state index contributed by atoms with van der Waals surface area (Å²) in [7, 11) is 0. The van der Waals surface area contributed by atoms with E-state index in [0.29, 0.717) is 19.4 Å². The molecule has 0 spiro atoms. The molecule has 7 nitrogen and oxygen atoms in total. The fourth-order valence-electron chi connectivity index (χ4n) is 2.43. The summed E-state index contributed by atoms with van der Waals surface area (Å²) in [6.45, 7) is 2.19. The lowest BCUT2D eigenvalue weighted by Crippen LogP contribution is -2.34. The average Bonchev–Trinajstić information content (AvgIpc) is 2.92. The molecule has 2 amide bonds. The number of unbranched alkanes of at least 4 members (excludes halogenated alkanes) is 1. The van der Waals surface area contributed by atoms with Gasteiger partial charge >= 0.3 is 5.97 Å². The molecular weight excluding hydrogens is 336 g/mol. The van der Waals surface area contributed by atoms with Gasteiger partial charge in [0.25, 0.3) is 11.8 Å². The number of ether oxygens (including phenoxy) is 1. The van der Waals surface area contributed by atoms with Crippen molar-refractivity contribution in [1.29, 1.82) is 0 Å². The van der Waals surface area contributed by atoms with E-state index in [9.17, 15) is 19.2 Å². The van der Waals surface area contributed by atoms with E-state index in [0.717, 1.165) is 22.6 Å². The summed E-state index contributed by atoms with van der Waals surface area (Å²) in [5.41, 5.74) is 1.86. The van der Waals surface area contributed by atoms with Gasteiger partial charge in [-0.25, -0.2) is 0 Å². The summed E-state index contributed by atoms with van der Waals surface area (Å²) in [6.07, 6.45) is 4.16. The first-order valence-corrected chi connectivity index (χ1v) is 8.47. The highest BCUT2D eigenvalue weighted by Gasteiger charge is 2.25. The van der Waals surface area contributed by atoms with Crippen molar-refractivity contribution in [3.8, 4) is 0 Å². The maximum atomic E-state index is 11.8. The zero-order valence-corrected chi connectivity index (χ0v) is 14.7. The molecule has 0 atom stereocenters. The maximum Gasteiger partial charge on any atom is 0.302 e. The molecule has 1 aliphatic rings. The molecule has 0 aliphatic carbocycles. The molecule has 0 unspecified atom stereocenters. The summed E-state index contributed by atoms with van der Waals surface area (Å²) < 4.78 is 4.92. The number of rotatable bonds is 10. The molecule has 0 fully saturated rings. The molecule has 1 N–H and O–H groups in total. The molecule has 1 aromatic rings. The first-order valence-electron chi connectivity index (χ1n) is 8.47. The van der Waals surface area contributed by atoms with E-state index < -0.39 is 11.8 Å². The topological polar surface area (TPSA) is 92.8 Å². The lowest BCUT2D eigenvalue weighted by molar-refractivity contribution is -0.142. The maximum absolute atomic E-state index is 11.8. The zero-order valence-electron chi connectivity index (χ0n) is 14.7. The van der Waals surface area contributed by atoms with E-state index in [-0.39, 0.29) is 24.9 Å². The van der Waals surface area contributed by atoms with Gasteiger partial charge < -0.3 is 10.1 Å². The van der Waals surface area contributed by atoms with Crippen molar-refractivity contribution in [3.63, 3.8) is 0 Å². The second-order valence-electron chi connectivity index (χ2n) is 6.00. The van der Waals surface area contributed by atoms with Crippen LogP contribution in [-0.4, -0.2) is 41.6 Å². The predicted octanol–water partition coefficient (Wildman–Crippen LogP) is 1.83. The number of ketones is 1. The van der Waals surface area contributed by atoms with E-state index in [1.807, 2.05) is 24.3 Å². The van der Waals surface area contributed by atoms with Crippen LogP contribution in [0, 0.1) is 0 Å². The smallest absolute Gasteiger partial charge is 0.302 e. The van der Waals surface area contributed by atoms with Gasteiger partial charge in [-0.2, -0.15) is 0 Å². The molecule has 0 aromatic heterocycles. The van der Waals surface area contributed by atoms with E-state index in [1.165, 1.54) is 19.1 Å². The molecule has 26 heavy (non-hydrogen) atoms. The van der Waals surface area contributed by atoms with Gasteiger partial charge in [-0.05, 0) is 30.5 Å². The zero-order chi connectivity index (χ0) is 18.9. The molecular formula is C19H22N2O5. The van der Waals surface area contributed by atoms with Crippen molar-refractivity contribution >= 4 is 29.3 Å². The molecule has 7 heteroatoms. The minimum absolute atomic E-state index is 0.120. The standard InChI is InChI=1S/C19H22N2O5/c1-14(22)26-13-15-5-7-16(8-6-15)20-11-3-2-4-17(23)12-21-18(24)9-10-19(21)25/h5-10,20H,2-4,11-13H2,1H3. The fraction of sp³-hybridized carbons (Fsp3) is 0.368. The number of imide groups is 1. The van der Waals surface area contributed by atoms with Crippen molar-refractivity contribution < 1.29 is 23.9 Å². The molecule has 1 aromatic carbocycles. The van der Waals surface area contributed by atoms with Crippen LogP contribution in [0.4, 0.5) is 5.69 Å². The van der Waals surface area contributed by atoms with Gasteiger partial charge in [0.15, 0.2) is 5.78 Å². The molecule has 138 valence electrons.